The Morgan fingerprint density at radius 2 is 1.83 bits per heavy atom. The first-order valence-electron chi connectivity index (χ1n) is 10.2. The normalized spacial score (nSPS) is 15.6. The highest BCUT2D eigenvalue weighted by Gasteiger charge is 2.33. The monoisotopic (exact) mass is 402 g/mol. The number of hydrogen-bond acceptors (Lipinski definition) is 5. The third-order valence-corrected chi connectivity index (χ3v) is 5.44. The van der Waals surface area contributed by atoms with E-state index in [-0.39, 0.29) is 17.9 Å². The minimum Gasteiger partial charge on any atom is -0.349 e. The fourth-order valence-corrected chi connectivity index (χ4v) is 3.43. The van der Waals surface area contributed by atoms with Crippen LogP contribution in [0.2, 0.25) is 0 Å². The average Bonchev–Trinajstić information content (AvgIpc) is 3.71. The molecule has 0 spiro atoms. The summed E-state index contributed by atoms with van der Waals surface area (Å²) in [7, 11) is 0. The molecule has 2 aromatic carbocycles. The Balaban J connectivity index is 1.31. The van der Waals surface area contributed by atoms with E-state index in [1.807, 2.05) is 47.4 Å². The van der Waals surface area contributed by atoms with Crippen LogP contribution in [0.3, 0.4) is 0 Å². The molecule has 1 heterocycles. The van der Waals surface area contributed by atoms with Gasteiger partial charge in [-0.15, -0.1) is 5.10 Å². The molecule has 8 heteroatoms. The fraction of sp³-hybridized carbons (Fsp3) is 0.318. The number of carbonyl (C=O) groups is 2. The van der Waals surface area contributed by atoms with Crippen LogP contribution >= 0.6 is 0 Å². The molecule has 3 aromatic rings. The van der Waals surface area contributed by atoms with Gasteiger partial charge in [-0.2, -0.15) is 0 Å². The maximum atomic E-state index is 13.3. The number of amides is 2. The Morgan fingerprint density at radius 3 is 2.50 bits per heavy atom. The second kappa shape index (κ2) is 7.70. The van der Waals surface area contributed by atoms with E-state index in [0.29, 0.717) is 23.7 Å². The molecule has 0 saturated heterocycles. The highest BCUT2D eigenvalue weighted by molar-refractivity contribution is 5.95. The van der Waals surface area contributed by atoms with E-state index in [9.17, 15) is 9.59 Å². The molecule has 2 amide bonds. The first kappa shape index (κ1) is 18.5. The van der Waals surface area contributed by atoms with Crippen molar-refractivity contribution in [1.82, 2.24) is 30.4 Å². The predicted octanol–water partition coefficient (Wildman–Crippen LogP) is 2.36. The number of rotatable bonds is 7. The lowest BCUT2D eigenvalue weighted by Gasteiger charge is -2.23. The van der Waals surface area contributed by atoms with Crippen molar-refractivity contribution in [3.05, 3.63) is 71.5 Å². The summed E-state index contributed by atoms with van der Waals surface area (Å²) in [5.74, 6) is -0.0402. The van der Waals surface area contributed by atoms with E-state index in [2.05, 4.69) is 20.8 Å². The van der Waals surface area contributed by atoms with Crippen molar-refractivity contribution in [2.75, 3.05) is 0 Å². The Morgan fingerprint density at radius 1 is 1.03 bits per heavy atom. The number of nitrogens with one attached hydrogen (secondary N) is 1. The van der Waals surface area contributed by atoms with Gasteiger partial charge in [0.1, 0.15) is 6.33 Å². The molecular weight excluding hydrogens is 380 g/mol. The molecule has 2 aliphatic carbocycles. The van der Waals surface area contributed by atoms with Gasteiger partial charge in [0.15, 0.2) is 0 Å². The molecule has 0 aliphatic heterocycles. The highest BCUT2D eigenvalue weighted by Crippen LogP contribution is 2.30. The topological polar surface area (TPSA) is 93.0 Å². The summed E-state index contributed by atoms with van der Waals surface area (Å²) in [5.41, 5.74) is 3.02. The van der Waals surface area contributed by atoms with Crippen molar-refractivity contribution in [1.29, 1.82) is 0 Å². The van der Waals surface area contributed by atoms with Crippen LogP contribution < -0.4 is 5.32 Å². The van der Waals surface area contributed by atoms with Gasteiger partial charge in [-0.25, -0.2) is 4.68 Å². The van der Waals surface area contributed by atoms with Crippen molar-refractivity contribution in [3.63, 3.8) is 0 Å². The Hall–Kier alpha value is -3.55. The summed E-state index contributed by atoms with van der Waals surface area (Å²) in [6.45, 7) is 0.517. The summed E-state index contributed by atoms with van der Waals surface area (Å²) >= 11 is 0. The molecule has 2 fully saturated rings. The largest absolute Gasteiger partial charge is 0.349 e. The summed E-state index contributed by atoms with van der Waals surface area (Å²) in [6.07, 6.45) is 5.66. The third kappa shape index (κ3) is 4.07. The first-order valence-corrected chi connectivity index (χ1v) is 10.2. The van der Waals surface area contributed by atoms with Crippen molar-refractivity contribution >= 4 is 11.8 Å². The number of tetrazole rings is 1. The van der Waals surface area contributed by atoms with E-state index in [4.69, 9.17) is 0 Å². The Kier molecular flexibility index (Phi) is 4.74. The SMILES string of the molecule is O=C(NC1CC1)c1ccc(CN(C(=O)c2cccc(-n3cnnn3)c2)C2CC2)cc1. The zero-order chi connectivity index (χ0) is 20.5. The van der Waals surface area contributed by atoms with E-state index < -0.39 is 0 Å². The van der Waals surface area contributed by atoms with Gasteiger partial charge < -0.3 is 10.2 Å². The third-order valence-electron chi connectivity index (χ3n) is 5.44. The number of hydrogen-bond donors (Lipinski definition) is 1. The van der Waals surface area contributed by atoms with Crippen LogP contribution in [0.15, 0.2) is 54.9 Å². The lowest BCUT2D eigenvalue weighted by molar-refractivity contribution is 0.0729. The van der Waals surface area contributed by atoms with E-state index >= 15 is 0 Å². The Bertz CT molecular complexity index is 1060. The molecule has 30 heavy (non-hydrogen) atoms. The molecule has 5 rings (SSSR count). The molecule has 0 atom stereocenters. The van der Waals surface area contributed by atoms with Crippen LogP contribution in [0.25, 0.3) is 5.69 Å². The van der Waals surface area contributed by atoms with Gasteiger partial charge in [0.25, 0.3) is 11.8 Å². The van der Waals surface area contributed by atoms with Gasteiger partial charge in [-0.05, 0) is 72.0 Å². The van der Waals surface area contributed by atoms with E-state index in [0.717, 1.165) is 36.9 Å². The first-order chi connectivity index (χ1) is 14.7. The molecule has 2 aliphatic rings. The molecule has 0 unspecified atom stereocenters. The fourth-order valence-electron chi connectivity index (χ4n) is 3.43. The van der Waals surface area contributed by atoms with Crippen LogP contribution in [0.4, 0.5) is 0 Å². The number of carbonyl (C=O) groups excluding carboxylic acids is 2. The highest BCUT2D eigenvalue weighted by atomic mass is 16.2. The zero-order valence-electron chi connectivity index (χ0n) is 16.4. The second-order valence-electron chi connectivity index (χ2n) is 7.91. The van der Waals surface area contributed by atoms with Crippen molar-refractivity contribution in [2.24, 2.45) is 0 Å². The summed E-state index contributed by atoms with van der Waals surface area (Å²) in [6, 6.07) is 15.4. The van der Waals surface area contributed by atoms with Crippen LogP contribution in [0, 0.1) is 0 Å². The molecule has 152 valence electrons. The van der Waals surface area contributed by atoms with E-state index in [1.54, 1.807) is 6.07 Å². The maximum absolute atomic E-state index is 13.3. The molecule has 0 bridgehead atoms. The second-order valence-corrected chi connectivity index (χ2v) is 7.91. The Labute approximate surface area is 173 Å². The van der Waals surface area contributed by atoms with Gasteiger partial charge in [-0.3, -0.25) is 9.59 Å². The molecule has 2 saturated carbocycles. The number of nitrogens with zero attached hydrogens (tertiary/aromatic N) is 5. The lowest BCUT2D eigenvalue weighted by atomic mass is 10.1. The standard InChI is InChI=1S/C22H22N6O2/c29-21(24-18-8-9-18)16-6-4-15(5-7-16)13-27(19-10-11-19)22(30)17-2-1-3-20(12-17)28-14-23-25-26-28/h1-7,12,14,18-19H,8-11,13H2,(H,24,29). The van der Waals surface area contributed by atoms with Crippen LogP contribution in [-0.4, -0.2) is 49.0 Å². The van der Waals surface area contributed by atoms with E-state index in [1.165, 1.54) is 11.0 Å². The quantitative estimate of drug-likeness (QED) is 0.655. The van der Waals surface area contributed by atoms with Crippen molar-refractivity contribution in [3.8, 4) is 5.69 Å². The lowest BCUT2D eigenvalue weighted by Crippen LogP contribution is -2.32. The molecular formula is C22H22N6O2. The molecule has 1 aromatic heterocycles. The summed E-state index contributed by atoms with van der Waals surface area (Å²) < 4.78 is 1.53. The van der Waals surface area contributed by atoms with Crippen LogP contribution in [-0.2, 0) is 6.54 Å². The zero-order valence-corrected chi connectivity index (χ0v) is 16.4. The molecule has 1 N–H and O–H groups in total. The molecule has 0 radical (unpaired) electrons. The molecule has 8 nitrogen and oxygen atoms in total. The maximum Gasteiger partial charge on any atom is 0.254 e. The smallest absolute Gasteiger partial charge is 0.254 e. The number of benzene rings is 2. The van der Waals surface area contributed by atoms with Crippen molar-refractivity contribution in [2.45, 2.75) is 44.3 Å². The van der Waals surface area contributed by atoms with Gasteiger partial charge in [0.2, 0.25) is 0 Å². The van der Waals surface area contributed by atoms with Gasteiger partial charge in [0.05, 0.1) is 5.69 Å². The minimum atomic E-state index is -0.0291. The van der Waals surface area contributed by atoms with Crippen molar-refractivity contribution < 1.29 is 9.59 Å². The number of aromatic nitrogens is 4. The van der Waals surface area contributed by atoms with Gasteiger partial charge in [0, 0.05) is 29.8 Å². The summed E-state index contributed by atoms with van der Waals surface area (Å²) in [5, 5.41) is 14.2. The average molecular weight is 402 g/mol. The minimum absolute atomic E-state index is 0.0111. The van der Waals surface area contributed by atoms with Crippen LogP contribution in [0.1, 0.15) is 52.0 Å². The van der Waals surface area contributed by atoms with Gasteiger partial charge >= 0.3 is 0 Å². The van der Waals surface area contributed by atoms with Crippen LogP contribution in [0.5, 0.6) is 0 Å². The van der Waals surface area contributed by atoms with Gasteiger partial charge in [-0.1, -0.05) is 18.2 Å². The predicted molar refractivity (Wildman–Crippen MR) is 109 cm³/mol. The summed E-state index contributed by atoms with van der Waals surface area (Å²) in [4.78, 5) is 27.3.